The van der Waals surface area contributed by atoms with Gasteiger partial charge in [-0.1, -0.05) is 35.9 Å². The Hall–Kier alpha value is -1.35. The first-order valence-electron chi connectivity index (χ1n) is 5.94. The Morgan fingerprint density at radius 3 is 1.82 bits per heavy atom. The number of amides is 1. The maximum atomic E-state index is 9.70. The van der Waals surface area contributed by atoms with Gasteiger partial charge in [-0.05, 0) is 19.8 Å². The largest absolute Gasteiger partial charge is 0.381 e. The summed E-state index contributed by atoms with van der Waals surface area (Å²) in [5, 5.41) is 2.39. The van der Waals surface area contributed by atoms with Gasteiger partial charge in [0, 0.05) is 27.2 Å². The smallest absolute Gasteiger partial charge is 0.216 e. The van der Waals surface area contributed by atoms with Crippen LogP contribution < -0.4 is 5.32 Å². The van der Waals surface area contributed by atoms with E-state index in [1.807, 2.05) is 18.2 Å². The van der Waals surface area contributed by atoms with Crippen LogP contribution in [0.4, 0.5) is 0 Å². The molecule has 1 aromatic carbocycles. The van der Waals surface area contributed by atoms with Gasteiger partial charge in [-0.2, -0.15) is 0 Å². The molecule has 1 N–H and O–H groups in total. The molecule has 0 atom stereocenters. The van der Waals surface area contributed by atoms with Crippen molar-refractivity contribution in [3.8, 4) is 0 Å². The normalized spacial score (nSPS) is 12.6. The van der Waals surface area contributed by atoms with Gasteiger partial charge in [-0.3, -0.25) is 4.79 Å². The molecule has 1 aliphatic rings. The fourth-order valence-electron chi connectivity index (χ4n) is 1.04. The van der Waals surface area contributed by atoms with E-state index in [1.165, 1.54) is 25.3 Å². The van der Waals surface area contributed by atoms with Crippen LogP contribution in [0.5, 0.6) is 0 Å². The van der Waals surface area contributed by atoms with Crippen molar-refractivity contribution in [1.82, 2.24) is 5.32 Å². The highest BCUT2D eigenvalue weighted by Gasteiger charge is 1.94. The molecule has 1 aromatic rings. The first kappa shape index (κ1) is 15.7. The quantitative estimate of drug-likeness (QED) is 0.753. The van der Waals surface area contributed by atoms with Gasteiger partial charge >= 0.3 is 0 Å². The number of nitrogens with one attached hydrogen (secondary N) is 1. The molecular formula is C14H23NO2. The third-order valence-electron chi connectivity index (χ3n) is 2.12. The van der Waals surface area contributed by atoms with Crippen LogP contribution in [0.3, 0.4) is 0 Å². The van der Waals surface area contributed by atoms with Gasteiger partial charge in [0.2, 0.25) is 5.91 Å². The van der Waals surface area contributed by atoms with Crippen LogP contribution in [0.2, 0.25) is 0 Å². The fourth-order valence-corrected chi connectivity index (χ4v) is 1.04. The van der Waals surface area contributed by atoms with E-state index in [-0.39, 0.29) is 5.91 Å². The zero-order valence-electron chi connectivity index (χ0n) is 11.0. The molecule has 0 unspecified atom stereocenters. The van der Waals surface area contributed by atoms with Crippen molar-refractivity contribution in [3.63, 3.8) is 0 Å². The fraction of sp³-hybridized carbons (Fsp3) is 0.500. The zero-order chi connectivity index (χ0) is 12.9. The Morgan fingerprint density at radius 2 is 1.65 bits per heavy atom. The van der Waals surface area contributed by atoms with Crippen LogP contribution >= 0.6 is 0 Å². The molecule has 1 heterocycles. The van der Waals surface area contributed by atoms with Crippen molar-refractivity contribution in [1.29, 1.82) is 0 Å². The van der Waals surface area contributed by atoms with Crippen molar-refractivity contribution < 1.29 is 9.53 Å². The average Bonchev–Trinajstić information content (AvgIpc) is 2.89. The number of ether oxygens (including phenoxy) is 1. The SMILES string of the molecule is C1CCOC1.CNC(C)=O.Cc1ccccc1. The third-order valence-corrected chi connectivity index (χ3v) is 2.12. The van der Waals surface area contributed by atoms with Crippen molar-refractivity contribution in [2.45, 2.75) is 26.7 Å². The van der Waals surface area contributed by atoms with E-state index in [2.05, 4.69) is 24.4 Å². The van der Waals surface area contributed by atoms with Crippen molar-refractivity contribution in [2.75, 3.05) is 20.3 Å². The lowest BCUT2D eigenvalue weighted by Gasteiger charge is -1.82. The van der Waals surface area contributed by atoms with Crippen molar-refractivity contribution in [2.24, 2.45) is 0 Å². The van der Waals surface area contributed by atoms with E-state index in [0.717, 1.165) is 13.2 Å². The molecule has 1 aliphatic heterocycles. The molecule has 0 bridgehead atoms. The zero-order valence-corrected chi connectivity index (χ0v) is 11.0. The topological polar surface area (TPSA) is 38.3 Å². The van der Waals surface area contributed by atoms with Gasteiger partial charge in [0.1, 0.15) is 0 Å². The molecule has 1 amide bonds. The Balaban J connectivity index is 0.000000232. The highest BCUT2D eigenvalue weighted by molar-refractivity contribution is 5.72. The number of hydrogen-bond donors (Lipinski definition) is 1. The molecular weight excluding hydrogens is 214 g/mol. The van der Waals surface area contributed by atoms with E-state index < -0.39 is 0 Å². The number of hydrogen-bond acceptors (Lipinski definition) is 2. The molecule has 0 spiro atoms. The maximum Gasteiger partial charge on any atom is 0.216 e. The monoisotopic (exact) mass is 237 g/mol. The van der Waals surface area contributed by atoms with E-state index in [1.54, 1.807) is 7.05 Å². The second kappa shape index (κ2) is 11.1. The highest BCUT2D eigenvalue weighted by Crippen LogP contribution is 1.98. The second-order valence-corrected chi connectivity index (χ2v) is 3.78. The molecule has 17 heavy (non-hydrogen) atoms. The van der Waals surface area contributed by atoms with Gasteiger partial charge < -0.3 is 10.1 Å². The number of rotatable bonds is 0. The van der Waals surface area contributed by atoms with Crippen LogP contribution in [0.25, 0.3) is 0 Å². The summed E-state index contributed by atoms with van der Waals surface area (Å²) in [7, 11) is 1.60. The summed E-state index contributed by atoms with van der Waals surface area (Å²) < 4.78 is 4.94. The van der Waals surface area contributed by atoms with Gasteiger partial charge in [-0.15, -0.1) is 0 Å². The Labute approximate surface area is 104 Å². The van der Waals surface area contributed by atoms with E-state index in [4.69, 9.17) is 4.74 Å². The Morgan fingerprint density at radius 1 is 1.18 bits per heavy atom. The van der Waals surface area contributed by atoms with Gasteiger partial charge in [0.25, 0.3) is 0 Å². The summed E-state index contributed by atoms with van der Waals surface area (Å²) in [6.07, 6.45) is 2.56. The molecule has 0 aliphatic carbocycles. The number of benzene rings is 1. The minimum absolute atomic E-state index is 0.00463. The molecule has 0 radical (unpaired) electrons. The number of carbonyl (C=O) groups is 1. The lowest BCUT2D eigenvalue weighted by Crippen LogP contribution is -2.11. The lowest BCUT2D eigenvalue weighted by molar-refractivity contribution is -0.118. The summed E-state index contributed by atoms with van der Waals surface area (Å²) in [5.41, 5.74) is 1.32. The minimum Gasteiger partial charge on any atom is -0.381 e. The van der Waals surface area contributed by atoms with Crippen LogP contribution in [-0.2, 0) is 9.53 Å². The molecule has 0 saturated carbocycles. The minimum atomic E-state index is 0.00463. The lowest BCUT2D eigenvalue weighted by atomic mass is 10.2. The first-order valence-corrected chi connectivity index (χ1v) is 5.94. The molecule has 1 saturated heterocycles. The summed E-state index contributed by atoms with van der Waals surface area (Å²) in [5.74, 6) is 0.00463. The summed E-state index contributed by atoms with van der Waals surface area (Å²) in [6.45, 7) is 5.56. The molecule has 96 valence electrons. The predicted octanol–water partition coefficient (Wildman–Crippen LogP) is 2.54. The molecule has 2 rings (SSSR count). The molecule has 1 fully saturated rings. The van der Waals surface area contributed by atoms with Crippen LogP contribution in [0, 0.1) is 6.92 Å². The highest BCUT2D eigenvalue weighted by atomic mass is 16.5. The Kier molecular flexibility index (Phi) is 10.3. The van der Waals surface area contributed by atoms with Crippen LogP contribution in [0.15, 0.2) is 30.3 Å². The van der Waals surface area contributed by atoms with E-state index in [9.17, 15) is 4.79 Å². The van der Waals surface area contributed by atoms with Crippen LogP contribution in [0.1, 0.15) is 25.3 Å². The molecule has 3 nitrogen and oxygen atoms in total. The van der Waals surface area contributed by atoms with Gasteiger partial charge in [0.15, 0.2) is 0 Å². The van der Waals surface area contributed by atoms with Crippen molar-refractivity contribution in [3.05, 3.63) is 35.9 Å². The second-order valence-electron chi connectivity index (χ2n) is 3.78. The number of carbonyl (C=O) groups excluding carboxylic acids is 1. The third kappa shape index (κ3) is 12.6. The molecule has 3 heteroatoms. The van der Waals surface area contributed by atoms with Crippen LogP contribution in [-0.4, -0.2) is 26.2 Å². The van der Waals surface area contributed by atoms with Gasteiger partial charge in [-0.25, -0.2) is 0 Å². The Bertz CT molecular complexity index is 274. The predicted molar refractivity (Wildman–Crippen MR) is 71.0 cm³/mol. The maximum absolute atomic E-state index is 9.70. The summed E-state index contributed by atoms with van der Waals surface area (Å²) in [6, 6.07) is 10.3. The average molecular weight is 237 g/mol. The summed E-state index contributed by atoms with van der Waals surface area (Å²) in [4.78, 5) is 9.70. The standard InChI is InChI=1S/C7H8.C4H8O.C3H7NO/c1-7-5-3-2-4-6-7;1-2-4-5-3-1;1-3(5)4-2/h2-6H,1H3;1-4H2;1-2H3,(H,4,5). The van der Waals surface area contributed by atoms with E-state index in [0.29, 0.717) is 0 Å². The van der Waals surface area contributed by atoms with E-state index >= 15 is 0 Å². The molecule has 0 aromatic heterocycles. The number of aryl methyl sites for hydroxylation is 1. The van der Waals surface area contributed by atoms with Gasteiger partial charge in [0.05, 0.1) is 0 Å². The van der Waals surface area contributed by atoms with Crippen molar-refractivity contribution >= 4 is 5.91 Å². The first-order chi connectivity index (χ1) is 8.16. The summed E-state index contributed by atoms with van der Waals surface area (Å²) >= 11 is 0.